The Morgan fingerprint density at radius 3 is 2.24 bits per heavy atom. The highest BCUT2D eigenvalue weighted by Gasteiger charge is 2.70. The van der Waals surface area contributed by atoms with Crippen LogP contribution in [-0.2, 0) is 4.79 Å². The molecule has 5 fully saturated rings. The smallest absolute Gasteiger partial charge is 0.0594 e. The van der Waals surface area contributed by atoms with Crippen molar-refractivity contribution in [2.24, 2.45) is 62.6 Å². The van der Waals surface area contributed by atoms with Gasteiger partial charge in [-0.2, -0.15) is 0 Å². The lowest BCUT2D eigenvalue weighted by molar-refractivity contribution is -0.314. The zero-order valence-corrected chi connectivity index (χ0v) is 22.5. The maximum absolute atomic E-state index is 12.0. The van der Waals surface area contributed by atoms with Gasteiger partial charge < -0.3 is 20.1 Å². The molecule has 5 rings (SSSR count). The molecular formula is C30H49O4-. The van der Waals surface area contributed by atoms with Gasteiger partial charge in [-0.3, -0.25) is 0 Å². The summed E-state index contributed by atoms with van der Waals surface area (Å²) in [6, 6.07) is 0. The molecule has 0 amide bonds. The molecule has 4 nitrogen and oxygen atoms in total. The highest BCUT2D eigenvalue weighted by Crippen LogP contribution is 2.77. The molecule has 0 radical (unpaired) electrons. The number of rotatable bonds is 3. The Hall–Kier alpha value is -0.610. The van der Waals surface area contributed by atoms with Crippen molar-refractivity contribution in [2.45, 2.75) is 112 Å². The SMILES string of the molecule is C[C@@H](C(=O)[O-])[C@@H]1CC[C@@]2(CO)CC[C@]3(C)[C@@H](CC[C@@H]4[C@]5(C)CC[C@H](O)C(C)(C)[C@@H]5CC[C@@]43C)[C@H]12. The third-order valence-electron chi connectivity index (χ3n) is 14.0. The van der Waals surface area contributed by atoms with Gasteiger partial charge in [0.1, 0.15) is 0 Å². The third-order valence-corrected chi connectivity index (χ3v) is 14.0. The average molecular weight is 474 g/mol. The van der Waals surface area contributed by atoms with Crippen molar-refractivity contribution in [3.63, 3.8) is 0 Å². The van der Waals surface area contributed by atoms with Crippen LogP contribution in [0.1, 0.15) is 106 Å². The lowest BCUT2D eigenvalue weighted by Crippen LogP contribution is -2.67. The standard InChI is InChI=1S/C30H50O4/c1-18(25(33)34)19-9-14-30(17-31)16-15-28(5)20(24(19)30)7-8-22-27(4)12-11-23(32)26(2,3)21(27)10-13-29(22,28)6/h18-24,31-32H,7-17H2,1-6H3,(H,33,34)/p-1/t18-,19+,20+,21+,22-,23+,24+,27-,28-,29+,30+/m1/s1. The first-order chi connectivity index (χ1) is 15.8. The number of carbonyl (C=O) groups is 1. The number of carbonyl (C=O) groups excluding carboxylic acids is 1. The molecule has 11 atom stereocenters. The van der Waals surface area contributed by atoms with Gasteiger partial charge >= 0.3 is 0 Å². The first kappa shape index (κ1) is 25.1. The predicted molar refractivity (Wildman–Crippen MR) is 131 cm³/mol. The number of carboxylic acid groups (broad SMARTS) is 1. The minimum Gasteiger partial charge on any atom is -0.550 e. The van der Waals surface area contributed by atoms with Gasteiger partial charge in [-0.05, 0) is 127 Å². The molecule has 0 aromatic heterocycles. The lowest BCUT2D eigenvalue weighted by atomic mass is 9.32. The van der Waals surface area contributed by atoms with Crippen LogP contribution in [0, 0.1) is 62.6 Å². The highest BCUT2D eigenvalue weighted by molar-refractivity contribution is 5.67. The van der Waals surface area contributed by atoms with Crippen LogP contribution in [0.2, 0.25) is 0 Å². The number of hydrogen-bond donors (Lipinski definition) is 2. The molecule has 0 aromatic rings. The summed E-state index contributed by atoms with van der Waals surface area (Å²) < 4.78 is 0. The van der Waals surface area contributed by atoms with Crippen LogP contribution in [0.4, 0.5) is 0 Å². The van der Waals surface area contributed by atoms with Crippen molar-refractivity contribution in [3.8, 4) is 0 Å². The summed E-state index contributed by atoms with van der Waals surface area (Å²) in [4.78, 5) is 12.0. The molecule has 0 aromatic carbocycles. The fraction of sp³-hybridized carbons (Fsp3) is 0.967. The van der Waals surface area contributed by atoms with Crippen LogP contribution in [0.3, 0.4) is 0 Å². The van der Waals surface area contributed by atoms with Crippen LogP contribution >= 0.6 is 0 Å². The van der Waals surface area contributed by atoms with E-state index < -0.39 is 11.9 Å². The van der Waals surface area contributed by atoms with Gasteiger partial charge in [0.25, 0.3) is 0 Å². The zero-order valence-electron chi connectivity index (χ0n) is 22.5. The molecule has 2 N–H and O–H groups in total. The summed E-state index contributed by atoms with van der Waals surface area (Å²) in [6.45, 7) is 14.3. The third kappa shape index (κ3) is 2.93. The summed E-state index contributed by atoms with van der Waals surface area (Å²) in [6.07, 6.45) is 10.7. The first-order valence-electron chi connectivity index (χ1n) is 14.3. The maximum Gasteiger partial charge on any atom is 0.0594 e. The first-order valence-corrected chi connectivity index (χ1v) is 14.3. The second-order valence-corrected chi connectivity index (χ2v) is 14.9. The average Bonchev–Trinajstić information content (AvgIpc) is 3.16. The Bertz CT molecular complexity index is 838. The molecular weight excluding hydrogens is 424 g/mol. The number of aliphatic hydroxyl groups excluding tert-OH is 2. The van der Waals surface area contributed by atoms with Gasteiger partial charge in [0.05, 0.1) is 6.10 Å². The minimum atomic E-state index is -0.915. The number of carboxylic acids is 1. The van der Waals surface area contributed by atoms with E-state index in [-0.39, 0.29) is 51.6 Å². The van der Waals surface area contributed by atoms with E-state index in [4.69, 9.17) is 0 Å². The summed E-state index contributed by atoms with van der Waals surface area (Å²) in [5.41, 5.74) is 0.508. The van der Waals surface area contributed by atoms with E-state index in [2.05, 4.69) is 34.6 Å². The number of fused-ring (bicyclic) bond motifs is 7. The molecule has 0 bridgehead atoms. The topological polar surface area (TPSA) is 80.6 Å². The summed E-state index contributed by atoms with van der Waals surface area (Å²) in [7, 11) is 0. The molecule has 194 valence electrons. The quantitative estimate of drug-likeness (QED) is 0.617. The van der Waals surface area contributed by atoms with E-state index in [0.717, 1.165) is 44.9 Å². The van der Waals surface area contributed by atoms with Gasteiger partial charge in [0.2, 0.25) is 0 Å². The predicted octanol–water partition coefficient (Wildman–Crippen LogP) is 4.81. The molecule has 0 saturated heterocycles. The molecule has 0 aliphatic heterocycles. The normalized spacial score (nSPS) is 54.8. The maximum atomic E-state index is 12.0. The Kier molecular flexibility index (Phi) is 5.67. The van der Waals surface area contributed by atoms with E-state index >= 15 is 0 Å². The van der Waals surface area contributed by atoms with Crippen molar-refractivity contribution in [1.82, 2.24) is 0 Å². The van der Waals surface area contributed by atoms with Crippen molar-refractivity contribution in [2.75, 3.05) is 6.61 Å². The number of aliphatic hydroxyl groups is 2. The van der Waals surface area contributed by atoms with Crippen molar-refractivity contribution >= 4 is 5.97 Å². The van der Waals surface area contributed by atoms with Gasteiger partial charge in [-0.25, -0.2) is 0 Å². The van der Waals surface area contributed by atoms with Gasteiger partial charge in [-0.1, -0.05) is 41.5 Å². The van der Waals surface area contributed by atoms with Crippen LogP contribution < -0.4 is 5.11 Å². The Morgan fingerprint density at radius 2 is 1.59 bits per heavy atom. The zero-order chi connectivity index (χ0) is 24.9. The van der Waals surface area contributed by atoms with Crippen LogP contribution in [0.25, 0.3) is 0 Å². The summed E-state index contributed by atoms with van der Waals surface area (Å²) in [5, 5.41) is 33.5. The monoisotopic (exact) mass is 473 g/mol. The van der Waals surface area contributed by atoms with Gasteiger partial charge in [0.15, 0.2) is 0 Å². The van der Waals surface area contributed by atoms with E-state index in [1.807, 2.05) is 6.92 Å². The van der Waals surface area contributed by atoms with Crippen molar-refractivity contribution in [1.29, 1.82) is 0 Å². The molecule has 0 heterocycles. The molecule has 4 heteroatoms. The molecule has 5 aliphatic rings. The van der Waals surface area contributed by atoms with E-state index in [1.54, 1.807) is 0 Å². The van der Waals surface area contributed by atoms with E-state index in [9.17, 15) is 20.1 Å². The Labute approximate surface area is 207 Å². The van der Waals surface area contributed by atoms with Crippen LogP contribution in [0.5, 0.6) is 0 Å². The highest BCUT2D eigenvalue weighted by atomic mass is 16.4. The minimum absolute atomic E-state index is 0.0365. The largest absolute Gasteiger partial charge is 0.550 e. The molecule has 34 heavy (non-hydrogen) atoms. The van der Waals surface area contributed by atoms with Crippen LogP contribution in [-0.4, -0.2) is 28.9 Å². The molecule has 5 aliphatic carbocycles. The summed E-state index contributed by atoms with van der Waals surface area (Å²) in [5.74, 6) is 0.731. The fourth-order valence-electron chi connectivity index (χ4n) is 11.8. The van der Waals surface area contributed by atoms with Gasteiger partial charge in [-0.15, -0.1) is 0 Å². The lowest BCUT2D eigenvalue weighted by Gasteiger charge is -2.73. The van der Waals surface area contributed by atoms with E-state index in [0.29, 0.717) is 17.8 Å². The second-order valence-electron chi connectivity index (χ2n) is 14.9. The van der Waals surface area contributed by atoms with Crippen molar-refractivity contribution < 1.29 is 20.1 Å². The number of aliphatic carboxylic acids is 1. The van der Waals surface area contributed by atoms with Gasteiger partial charge in [0, 0.05) is 12.6 Å². The van der Waals surface area contributed by atoms with Crippen molar-refractivity contribution in [3.05, 3.63) is 0 Å². The van der Waals surface area contributed by atoms with E-state index in [1.165, 1.54) is 19.3 Å². The summed E-state index contributed by atoms with van der Waals surface area (Å²) >= 11 is 0. The Morgan fingerprint density at radius 1 is 0.882 bits per heavy atom. The number of hydrogen-bond acceptors (Lipinski definition) is 4. The molecule has 5 saturated carbocycles. The molecule has 0 spiro atoms. The fourth-order valence-corrected chi connectivity index (χ4v) is 11.8. The molecule has 0 unspecified atom stereocenters. The Balaban J connectivity index is 1.54. The second kappa shape index (κ2) is 7.70. The van der Waals surface area contributed by atoms with Crippen LogP contribution in [0.15, 0.2) is 0 Å².